The predicted molar refractivity (Wildman–Crippen MR) is 70.5 cm³/mol. The predicted octanol–water partition coefficient (Wildman–Crippen LogP) is 3.36. The zero-order valence-electron chi connectivity index (χ0n) is 8.98. The van der Waals surface area contributed by atoms with Crippen LogP contribution in [0.2, 0.25) is 0 Å². The Balaban J connectivity index is 2.16. The minimum atomic E-state index is -1.21. The summed E-state index contributed by atoms with van der Waals surface area (Å²) < 4.78 is 13.9. The van der Waals surface area contributed by atoms with Crippen molar-refractivity contribution in [2.75, 3.05) is 5.32 Å². The number of thiophene rings is 1. The third-order valence-electron chi connectivity index (χ3n) is 2.14. The SMILES string of the molecule is O=C(O)c1cc(F)cnc1NCc1cc(Br)cs1. The summed E-state index contributed by atoms with van der Waals surface area (Å²) >= 11 is 4.86. The first-order valence-corrected chi connectivity index (χ1v) is 6.59. The molecule has 0 aromatic carbocycles. The number of nitrogens with one attached hydrogen (secondary N) is 1. The fraction of sp³-hybridized carbons (Fsp3) is 0.0909. The molecule has 2 aromatic heterocycles. The van der Waals surface area contributed by atoms with E-state index >= 15 is 0 Å². The summed E-state index contributed by atoms with van der Waals surface area (Å²) in [4.78, 5) is 15.7. The maximum absolute atomic E-state index is 12.9. The van der Waals surface area contributed by atoms with Crippen molar-refractivity contribution in [3.63, 3.8) is 0 Å². The molecule has 0 fully saturated rings. The van der Waals surface area contributed by atoms with Crippen molar-refractivity contribution in [2.24, 2.45) is 0 Å². The van der Waals surface area contributed by atoms with Crippen molar-refractivity contribution in [3.05, 3.63) is 44.4 Å². The Morgan fingerprint density at radius 2 is 2.33 bits per heavy atom. The van der Waals surface area contributed by atoms with Gasteiger partial charge in [0.1, 0.15) is 17.2 Å². The smallest absolute Gasteiger partial charge is 0.339 e. The molecule has 0 spiro atoms. The van der Waals surface area contributed by atoms with Crippen molar-refractivity contribution in [2.45, 2.75) is 6.54 Å². The number of aromatic carboxylic acids is 1. The first kappa shape index (κ1) is 13.0. The van der Waals surface area contributed by atoms with Gasteiger partial charge in [-0.1, -0.05) is 0 Å². The Morgan fingerprint density at radius 3 is 2.94 bits per heavy atom. The van der Waals surface area contributed by atoms with E-state index in [4.69, 9.17) is 5.11 Å². The van der Waals surface area contributed by atoms with Crippen molar-refractivity contribution < 1.29 is 14.3 Å². The quantitative estimate of drug-likeness (QED) is 0.902. The molecule has 0 aliphatic carbocycles. The normalized spacial score (nSPS) is 10.3. The molecule has 2 heterocycles. The van der Waals surface area contributed by atoms with E-state index < -0.39 is 11.8 Å². The maximum atomic E-state index is 12.9. The number of nitrogens with zero attached hydrogens (tertiary/aromatic N) is 1. The van der Waals surface area contributed by atoms with Crippen LogP contribution in [0.15, 0.2) is 28.2 Å². The lowest BCUT2D eigenvalue weighted by Crippen LogP contribution is -2.08. The lowest BCUT2D eigenvalue weighted by atomic mass is 10.2. The Bertz CT molecular complexity index is 588. The molecule has 94 valence electrons. The van der Waals surface area contributed by atoms with Crippen LogP contribution in [0.5, 0.6) is 0 Å². The van der Waals surface area contributed by atoms with Gasteiger partial charge in [-0.25, -0.2) is 14.2 Å². The Kier molecular flexibility index (Phi) is 3.93. The van der Waals surface area contributed by atoms with E-state index in [2.05, 4.69) is 26.2 Å². The van der Waals surface area contributed by atoms with E-state index in [0.717, 1.165) is 21.6 Å². The molecule has 0 bridgehead atoms. The van der Waals surface area contributed by atoms with Crippen LogP contribution in [-0.2, 0) is 6.54 Å². The molecular formula is C11H8BrFN2O2S. The van der Waals surface area contributed by atoms with E-state index in [1.165, 1.54) is 11.3 Å². The van der Waals surface area contributed by atoms with E-state index in [0.29, 0.717) is 6.54 Å². The molecule has 0 aliphatic heterocycles. The minimum Gasteiger partial charge on any atom is -0.478 e. The average molecular weight is 331 g/mol. The number of carboxylic acid groups (broad SMARTS) is 1. The van der Waals surface area contributed by atoms with Gasteiger partial charge in [-0.3, -0.25) is 0 Å². The van der Waals surface area contributed by atoms with Gasteiger partial charge >= 0.3 is 5.97 Å². The average Bonchev–Trinajstić information content (AvgIpc) is 2.73. The van der Waals surface area contributed by atoms with E-state index in [1.54, 1.807) is 0 Å². The zero-order valence-corrected chi connectivity index (χ0v) is 11.4. The number of hydrogen-bond acceptors (Lipinski definition) is 4. The van der Waals surface area contributed by atoms with Gasteiger partial charge in [0.15, 0.2) is 0 Å². The van der Waals surface area contributed by atoms with Crippen molar-refractivity contribution in [1.29, 1.82) is 0 Å². The maximum Gasteiger partial charge on any atom is 0.339 e. The monoisotopic (exact) mass is 330 g/mol. The standard InChI is InChI=1S/C11H8BrFN2O2S/c12-6-1-8(18-5-6)4-15-10-9(11(16)17)2-7(13)3-14-10/h1-3,5H,4H2,(H,14,15)(H,16,17). The van der Waals surface area contributed by atoms with Crippen LogP contribution < -0.4 is 5.32 Å². The molecule has 2 aromatic rings. The summed E-state index contributed by atoms with van der Waals surface area (Å²) in [7, 11) is 0. The van der Waals surface area contributed by atoms with Gasteiger partial charge in [0.2, 0.25) is 0 Å². The van der Waals surface area contributed by atoms with Gasteiger partial charge in [-0.2, -0.15) is 0 Å². The number of aromatic nitrogens is 1. The first-order valence-electron chi connectivity index (χ1n) is 4.92. The molecule has 0 radical (unpaired) electrons. The van der Waals surface area contributed by atoms with Crippen LogP contribution in [-0.4, -0.2) is 16.1 Å². The number of rotatable bonds is 4. The van der Waals surface area contributed by atoms with Crippen LogP contribution in [0.25, 0.3) is 0 Å². The lowest BCUT2D eigenvalue weighted by molar-refractivity contribution is 0.0697. The Labute approximate surface area is 115 Å². The molecule has 2 rings (SSSR count). The van der Waals surface area contributed by atoms with Gasteiger partial charge in [0.05, 0.1) is 12.7 Å². The fourth-order valence-corrected chi connectivity index (χ4v) is 2.75. The Morgan fingerprint density at radius 1 is 1.56 bits per heavy atom. The van der Waals surface area contributed by atoms with Gasteiger partial charge in [0, 0.05) is 14.7 Å². The molecule has 2 N–H and O–H groups in total. The Hall–Kier alpha value is -1.47. The molecule has 4 nitrogen and oxygen atoms in total. The van der Waals surface area contributed by atoms with E-state index in [-0.39, 0.29) is 11.4 Å². The van der Waals surface area contributed by atoms with Crippen LogP contribution in [0.3, 0.4) is 0 Å². The zero-order chi connectivity index (χ0) is 13.1. The largest absolute Gasteiger partial charge is 0.478 e. The van der Waals surface area contributed by atoms with Crippen molar-refractivity contribution >= 4 is 39.1 Å². The molecule has 0 saturated carbocycles. The first-order chi connectivity index (χ1) is 8.56. The van der Waals surface area contributed by atoms with E-state index in [9.17, 15) is 9.18 Å². The molecule has 7 heteroatoms. The summed E-state index contributed by atoms with van der Waals surface area (Å²) in [6.45, 7) is 0.440. The topological polar surface area (TPSA) is 62.2 Å². The number of carbonyl (C=O) groups is 1. The number of anilines is 1. The second-order valence-electron chi connectivity index (χ2n) is 3.44. The fourth-order valence-electron chi connectivity index (χ4n) is 1.36. The minimum absolute atomic E-state index is 0.161. The van der Waals surface area contributed by atoms with Gasteiger partial charge in [-0.15, -0.1) is 11.3 Å². The van der Waals surface area contributed by atoms with Crippen molar-refractivity contribution in [1.82, 2.24) is 4.98 Å². The molecular weight excluding hydrogens is 323 g/mol. The molecule has 0 saturated heterocycles. The molecule has 0 amide bonds. The highest BCUT2D eigenvalue weighted by Gasteiger charge is 2.12. The summed E-state index contributed by atoms with van der Waals surface area (Å²) in [5.41, 5.74) is -0.175. The molecule has 0 aliphatic rings. The van der Waals surface area contributed by atoms with Gasteiger partial charge in [0.25, 0.3) is 0 Å². The number of halogens is 2. The third-order valence-corrected chi connectivity index (χ3v) is 3.83. The number of pyridine rings is 1. The van der Waals surface area contributed by atoms with Gasteiger partial charge < -0.3 is 10.4 Å². The summed E-state index contributed by atoms with van der Waals surface area (Å²) in [5, 5.41) is 13.7. The van der Waals surface area contributed by atoms with Crippen molar-refractivity contribution in [3.8, 4) is 0 Å². The van der Waals surface area contributed by atoms with E-state index in [1.807, 2.05) is 11.4 Å². The van der Waals surface area contributed by atoms with Gasteiger partial charge in [-0.05, 0) is 28.1 Å². The summed E-state index contributed by atoms with van der Waals surface area (Å²) in [5.74, 6) is -1.72. The number of carboxylic acids is 1. The second-order valence-corrected chi connectivity index (χ2v) is 5.35. The van der Waals surface area contributed by atoms with Crippen LogP contribution in [0.1, 0.15) is 15.2 Å². The third kappa shape index (κ3) is 3.05. The highest BCUT2D eigenvalue weighted by molar-refractivity contribution is 9.10. The highest BCUT2D eigenvalue weighted by Crippen LogP contribution is 2.21. The highest BCUT2D eigenvalue weighted by atomic mass is 79.9. The lowest BCUT2D eigenvalue weighted by Gasteiger charge is -2.07. The van der Waals surface area contributed by atoms with Crippen LogP contribution in [0.4, 0.5) is 10.2 Å². The second kappa shape index (κ2) is 5.45. The molecule has 0 atom stereocenters. The van der Waals surface area contributed by atoms with Crippen LogP contribution >= 0.6 is 27.3 Å². The van der Waals surface area contributed by atoms with Crippen LogP contribution in [0, 0.1) is 5.82 Å². The summed E-state index contributed by atoms with van der Waals surface area (Å²) in [6, 6.07) is 2.86. The number of hydrogen-bond donors (Lipinski definition) is 2. The molecule has 18 heavy (non-hydrogen) atoms. The summed E-state index contributed by atoms with van der Waals surface area (Å²) in [6.07, 6.45) is 0.985. The molecule has 0 unspecified atom stereocenters.